The Morgan fingerprint density at radius 3 is 2.83 bits per heavy atom. The lowest BCUT2D eigenvalue weighted by atomic mass is 10.3. The summed E-state index contributed by atoms with van der Waals surface area (Å²) in [6, 6.07) is 5.03. The van der Waals surface area contributed by atoms with Crippen molar-refractivity contribution in [2.45, 2.75) is 4.21 Å². The monoisotopic (exact) mass is 262 g/mol. The Morgan fingerprint density at radius 2 is 2.17 bits per heavy atom. The second-order valence-corrected chi connectivity index (χ2v) is 4.90. The van der Waals surface area contributed by atoms with Crippen LogP contribution in [-0.2, 0) is 0 Å². The molecule has 0 unspecified atom stereocenters. The molecule has 1 aromatic heterocycles. The van der Waals surface area contributed by atoms with E-state index in [4.69, 9.17) is 0 Å². The van der Waals surface area contributed by atoms with Crippen molar-refractivity contribution >= 4 is 50.0 Å². The molecule has 62 valence electrons. The molecule has 12 heavy (non-hydrogen) atoms. The van der Waals surface area contributed by atoms with Crippen molar-refractivity contribution in [3.8, 4) is 0 Å². The molecule has 0 aliphatic carbocycles. The topological polar surface area (TPSA) is 0 Å². The molecule has 1 heterocycles. The second kappa shape index (κ2) is 3.01. The van der Waals surface area contributed by atoms with Gasteiger partial charge < -0.3 is 0 Å². The van der Waals surface area contributed by atoms with Gasteiger partial charge in [-0.3, -0.25) is 0 Å². The van der Waals surface area contributed by atoms with Crippen molar-refractivity contribution < 1.29 is 4.39 Å². The van der Waals surface area contributed by atoms with E-state index in [1.807, 2.05) is 6.07 Å². The molecular weight excluding hydrogens is 259 g/mol. The molecule has 2 rings (SSSR count). The lowest BCUT2D eigenvalue weighted by molar-refractivity contribution is 0.641. The summed E-state index contributed by atoms with van der Waals surface area (Å²) in [6.45, 7) is 0. The zero-order valence-electron chi connectivity index (χ0n) is 5.84. The Hall–Kier alpha value is -0.0600. The van der Waals surface area contributed by atoms with Crippen LogP contribution in [0.2, 0.25) is 0 Å². The van der Waals surface area contributed by atoms with E-state index in [0.717, 1.165) is 14.1 Å². The van der Waals surface area contributed by atoms with Crippen molar-refractivity contribution in [3.05, 3.63) is 28.5 Å². The first-order valence-electron chi connectivity index (χ1n) is 3.25. The molecule has 0 aliphatic heterocycles. The highest BCUT2D eigenvalue weighted by atomic mass is 79.9. The van der Waals surface area contributed by atoms with Gasteiger partial charge in [0.2, 0.25) is 0 Å². The van der Waals surface area contributed by atoms with Crippen molar-refractivity contribution in [2.24, 2.45) is 0 Å². The molecule has 0 saturated carbocycles. The third-order valence-electron chi connectivity index (χ3n) is 1.59. The van der Waals surface area contributed by atoms with Crippen LogP contribution >= 0.6 is 39.9 Å². The van der Waals surface area contributed by atoms with Crippen molar-refractivity contribution in [1.82, 2.24) is 0 Å². The molecular formula is C8H4BrFS2. The fourth-order valence-corrected chi connectivity index (χ4v) is 2.98. The number of halogens is 2. The van der Waals surface area contributed by atoms with E-state index in [0.29, 0.717) is 4.70 Å². The highest BCUT2D eigenvalue weighted by Crippen LogP contribution is 2.38. The Balaban J connectivity index is 2.95. The zero-order valence-corrected chi connectivity index (χ0v) is 9.14. The number of hydrogen-bond acceptors (Lipinski definition) is 2. The van der Waals surface area contributed by atoms with Gasteiger partial charge in [-0.15, -0.1) is 24.0 Å². The van der Waals surface area contributed by atoms with Crippen LogP contribution in [0.4, 0.5) is 4.39 Å². The largest absolute Gasteiger partial charge is 0.205 e. The van der Waals surface area contributed by atoms with E-state index < -0.39 is 0 Å². The van der Waals surface area contributed by atoms with E-state index in [9.17, 15) is 4.39 Å². The summed E-state index contributed by atoms with van der Waals surface area (Å²) in [7, 11) is 0. The maximum absolute atomic E-state index is 13.1. The fourth-order valence-electron chi connectivity index (χ4n) is 1.04. The number of fused-ring (bicyclic) bond motifs is 1. The van der Waals surface area contributed by atoms with Gasteiger partial charge >= 0.3 is 0 Å². The van der Waals surface area contributed by atoms with Gasteiger partial charge in [-0.2, -0.15) is 0 Å². The van der Waals surface area contributed by atoms with Gasteiger partial charge in [-0.05, 0) is 22.0 Å². The van der Waals surface area contributed by atoms with E-state index in [1.54, 1.807) is 6.07 Å². The summed E-state index contributed by atoms with van der Waals surface area (Å²) in [5.74, 6) is -0.182. The first-order valence-corrected chi connectivity index (χ1v) is 5.31. The molecule has 0 nitrogen and oxygen atoms in total. The standard InChI is InChI=1S/C8H4BrFS2/c9-6-4-2-1-3-5(10)7(4)12-8(6)11/h1-3,11H. The maximum atomic E-state index is 13.1. The van der Waals surface area contributed by atoms with Crippen molar-refractivity contribution in [3.63, 3.8) is 0 Å². The number of hydrogen-bond donors (Lipinski definition) is 1. The molecule has 0 spiro atoms. The summed E-state index contributed by atoms with van der Waals surface area (Å²) in [5.41, 5.74) is 0. The number of thiophene rings is 1. The molecule has 0 radical (unpaired) electrons. The highest BCUT2D eigenvalue weighted by Gasteiger charge is 2.09. The minimum atomic E-state index is -0.182. The van der Waals surface area contributed by atoms with Crippen LogP contribution in [0.15, 0.2) is 26.9 Å². The number of rotatable bonds is 0. The fraction of sp³-hybridized carbons (Fsp3) is 0. The van der Waals surface area contributed by atoms with Crippen molar-refractivity contribution in [1.29, 1.82) is 0 Å². The average molecular weight is 263 g/mol. The van der Waals surface area contributed by atoms with Gasteiger partial charge in [0.25, 0.3) is 0 Å². The number of thiol groups is 1. The summed E-state index contributed by atoms with van der Waals surface area (Å²) >= 11 is 8.91. The molecule has 0 fully saturated rings. The Bertz CT molecular complexity index is 436. The summed E-state index contributed by atoms with van der Waals surface area (Å²) in [6.07, 6.45) is 0. The highest BCUT2D eigenvalue weighted by molar-refractivity contribution is 9.10. The smallest absolute Gasteiger partial charge is 0.141 e. The quantitative estimate of drug-likeness (QED) is 0.680. The maximum Gasteiger partial charge on any atom is 0.141 e. The molecule has 4 heteroatoms. The normalized spacial score (nSPS) is 10.9. The minimum Gasteiger partial charge on any atom is -0.205 e. The molecule has 0 aliphatic rings. The van der Waals surface area contributed by atoms with Gasteiger partial charge in [0, 0.05) is 9.86 Å². The predicted molar refractivity (Wildman–Crippen MR) is 56.7 cm³/mol. The summed E-state index contributed by atoms with van der Waals surface area (Å²) in [5, 5.41) is 0.894. The van der Waals surface area contributed by atoms with E-state index >= 15 is 0 Å². The molecule has 0 saturated heterocycles. The molecule has 0 N–H and O–H groups in total. The first-order chi connectivity index (χ1) is 5.70. The van der Waals surface area contributed by atoms with Crippen LogP contribution in [0.3, 0.4) is 0 Å². The van der Waals surface area contributed by atoms with E-state index in [2.05, 4.69) is 28.6 Å². The molecule has 0 bridgehead atoms. The lowest BCUT2D eigenvalue weighted by Crippen LogP contribution is -1.70. The lowest BCUT2D eigenvalue weighted by Gasteiger charge is -1.89. The van der Waals surface area contributed by atoms with Gasteiger partial charge in [-0.1, -0.05) is 12.1 Å². The van der Waals surface area contributed by atoms with Gasteiger partial charge in [0.05, 0.1) is 8.91 Å². The van der Waals surface area contributed by atoms with Crippen LogP contribution in [0.25, 0.3) is 10.1 Å². The average Bonchev–Trinajstić information content (AvgIpc) is 2.32. The van der Waals surface area contributed by atoms with Crippen molar-refractivity contribution in [2.75, 3.05) is 0 Å². The molecule has 0 amide bonds. The van der Waals surface area contributed by atoms with Crippen LogP contribution in [-0.4, -0.2) is 0 Å². The van der Waals surface area contributed by atoms with Gasteiger partial charge in [0.15, 0.2) is 0 Å². The second-order valence-electron chi connectivity index (χ2n) is 2.34. The van der Waals surface area contributed by atoms with Crippen LogP contribution < -0.4 is 0 Å². The minimum absolute atomic E-state index is 0.182. The third-order valence-corrected chi connectivity index (χ3v) is 4.50. The summed E-state index contributed by atoms with van der Waals surface area (Å²) < 4.78 is 15.5. The summed E-state index contributed by atoms with van der Waals surface area (Å²) in [4.78, 5) is 0. The SMILES string of the molecule is Fc1cccc2c(Br)c(S)sc12. The van der Waals surface area contributed by atoms with Crippen LogP contribution in [0, 0.1) is 5.82 Å². The predicted octanol–water partition coefficient (Wildman–Crippen LogP) is 4.09. The molecule has 2 aromatic rings. The molecule has 0 atom stereocenters. The first kappa shape index (κ1) is 8.53. The van der Waals surface area contributed by atoms with Gasteiger partial charge in [0.1, 0.15) is 5.82 Å². The van der Waals surface area contributed by atoms with Crippen LogP contribution in [0.1, 0.15) is 0 Å². The van der Waals surface area contributed by atoms with E-state index in [-0.39, 0.29) is 5.82 Å². The number of benzene rings is 1. The molecule has 1 aromatic carbocycles. The Labute approximate surface area is 86.9 Å². The van der Waals surface area contributed by atoms with Gasteiger partial charge in [-0.25, -0.2) is 4.39 Å². The third kappa shape index (κ3) is 1.18. The zero-order chi connectivity index (χ0) is 8.72. The van der Waals surface area contributed by atoms with Crippen LogP contribution in [0.5, 0.6) is 0 Å². The van der Waals surface area contributed by atoms with E-state index in [1.165, 1.54) is 17.4 Å². The Kier molecular flexibility index (Phi) is 2.14. The Morgan fingerprint density at radius 1 is 1.42 bits per heavy atom.